The van der Waals surface area contributed by atoms with Gasteiger partial charge in [0.1, 0.15) is 11.6 Å². The van der Waals surface area contributed by atoms with E-state index in [-0.39, 0.29) is 5.56 Å². The Labute approximate surface area is 123 Å². The number of amides is 1. The summed E-state index contributed by atoms with van der Waals surface area (Å²) in [5.41, 5.74) is 0.357. The SMILES string of the molecule is O=C(/C=C/c1c(F)cccc1F)Nc1ccc(Br)cc1. The summed E-state index contributed by atoms with van der Waals surface area (Å²) < 4.78 is 27.6. The molecular weight excluding hydrogens is 328 g/mol. The number of halogens is 3. The maximum Gasteiger partial charge on any atom is 0.248 e. The fraction of sp³-hybridized carbons (Fsp3) is 0. The largest absolute Gasteiger partial charge is 0.323 e. The molecule has 102 valence electrons. The minimum absolute atomic E-state index is 0.238. The molecular formula is C15H10BrF2NO. The normalized spacial score (nSPS) is 10.8. The monoisotopic (exact) mass is 337 g/mol. The van der Waals surface area contributed by atoms with E-state index in [0.29, 0.717) is 5.69 Å². The molecule has 0 heterocycles. The van der Waals surface area contributed by atoms with Crippen LogP contribution < -0.4 is 5.32 Å². The van der Waals surface area contributed by atoms with Crippen molar-refractivity contribution in [3.63, 3.8) is 0 Å². The number of rotatable bonds is 3. The summed E-state index contributed by atoms with van der Waals surface area (Å²) in [6, 6.07) is 10.5. The first kappa shape index (κ1) is 14.4. The van der Waals surface area contributed by atoms with Crippen molar-refractivity contribution in [1.82, 2.24) is 0 Å². The Bertz CT molecular complexity index is 633. The maximum atomic E-state index is 13.3. The van der Waals surface area contributed by atoms with Crippen LogP contribution in [0.1, 0.15) is 5.56 Å². The Morgan fingerprint density at radius 3 is 2.25 bits per heavy atom. The quantitative estimate of drug-likeness (QED) is 0.827. The van der Waals surface area contributed by atoms with E-state index < -0.39 is 17.5 Å². The van der Waals surface area contributed by atoms with Gasteiger partial charge in [0.15, 0.2) is 0 Å². The van der Waals surface area contributed by atoms with Crippen LogP contribution in [0.2, 0.25) is 0 Å². The van der Waals surface area contributed by atoms with E-state index in [1.54, 1.807) is 24.3 Å². The number of hydrogen-bond acceptors (Lipinski definition) is 1. The zero-order chi connectivity index (χ0) is 14.5. The van der Waals surface area contributed by atoms with Gasteiger partial charge in [0.05, 0.1) is 0 Å². The van der Waals surface area contributed by atoms with Crippen LogP contribution in [0.15, 0.2) is 53.0 Å². The second-order valence-electron chi connectivity index (χ2n) is 3.96. The lowest BCUT2D eigenvalue weighted by Gasteiger charge is -2.02. The van der Waals surface area contributed by atoms with Gasteiger partial charge < -0.3 is 5.32 Å². The Hall–Kier alpha value is -2.01. The van der Waals surface area contributed by atoms with Crippen LogP contribution in [0.25, 0.3) is 6.08 Å². The molecule has 0 aliphatic carbocycles. The van der Waals surface area contributed by atoms with E-state index in [1.807, 2.05) is 0 Å². The van der Waals surface area contributed by atoms with Crippen LogP contribution in [0.3, 0.4) is 0 Å². The molecule has 0 aliphatic heterocycles. The summed E-state index contributed by atoms with van der Waals surface area (Å²) in [4.78, 5) is 11.6. The van der Waals surface area contributed by atoms with Gasteiger partial charge in [-0.3, -0.25) is 4.79 Å². The highest BCUT2D eigenvalue weighted by atomic mass is 79.9. The summed E-state index contributed by atoms with van der Waals surface area (Å²) in [5.74, 6) is -1.88. The number of nitrogens with one attached hydrogen (secondary N) is 1. The van der Waals surface area contributed by atoms with Crippen molar-refractivity contribution in [3.8, 4) is 0 Å². The summed E-state index contributed by atoms with van der Waals surface area (Å²) in [6.45, 7) is 0. The van der Waals surface area contributed by atoms with Gasteiger partial charge in [-0.15, -0.1) is 0 Å². The van der Waals surface area contributed by atoms with Crippen molar-refractivity contribution in [2.24, 2.45) is 0 Å². The average Bonchev–Trinajstić information content (AvgIpc) is 2.41. The first-order valence-corrected chi connectivity index (χ1v) is 6.54. The summed E-state index contributed by atoms with van der Waals surface area (Å²) >= 11 is 3.28. The topological polar surface area (TPSA) is 29.1 Å². The van der Waals surface area contributed by atoms with E-state index in [9.17, 15) is 13.6 Å². The van der Waals surface area contributed by atoms with Crippen molar-refractivity contribution in [2.75, 3.05) is 5.32 Å². The molecule has 0 spiro atoms. The first-order valence-electron chi connectivity index (χ1n) is 5.75. The number of anilines is 1. The minimum Gasteiger partial charge on any atom is -0.323 e. The zero-order valence-electron chi connectivity index (χ0n) is 10.2. The van der Waals surface area contributed by atoms with Crippen LogP contribution >= 0.6 is 15.9 Å². The van der Waals surface area contributed by atoms with Gasteiger partial charge in [0, 0.05) is 21.8 Å². The van der Waals surface area contributed by atoms with Gasteiger partial charge in [-0.25, -0.2) is 8.78 Å². The highest BCUT2D eigenvalue weighted by Gasteiger charge is 2.05. The molecule has 20 heavy (non-hydrogen) atoms. The second-order valence-corrected chi connectivity index (χ2v) is 4.88. The van der Waals surface area contributed by atoms with E-state index >= 15 is 0 Å². The van der Waals surface area contributed by atoms with E-state index in [1.165, 1.54) is 6.07 Å². The van der Waals surface area contributed by atoms with Crippen molar-refractivity contribution < 1.29 is 13.6 Å². The van der Waals surface area contributed by atoms with Crippen LogP contribution in [0.5, 0.6) is 0 Å². The van der Waals surface area contributed by atoms with E-state index in [2.05, 4.69) is 21.2 Å². The Morgan fingerprint density at radius 1 is 1.05 bits per heavy atom. The smallest absolute Gasteiger partial charge is 0.248 e. The molecule has 2 rings (SSSR count). The molecule has 1 amide bonds. The van der Waals surface area contributed by atoms with Crippen molar-refractivity contribution in [2.45, 2.75) is 0 Å². The standard InChI is InChI=1S/C15H10BrF2NO/c16-10-4-6-11(7-5-10)19-15(20)9-8-12-13(17)2-1-3-14(12)18/h1-9H,(H,19,20)/b9-8+. The highest BCUT2D eigenvalue weighted by Crippen LogP contribution is 2.15. The van der Waals surface area contributed by atoms with Gasteiger partial charge in [-0.05, 0) is 42.5 Å². The van der Waals surface area contributed by atoms with Gasteiger partial charge in [-0.2, -0.15) is 0 Å². The molecule has 0 unspecified atom stereocenters. The van der Waals surface area contributed by atoms with Gasteiger partial charge in [0.2, 0.25) is 5.91 Å². The lowest BCUT2D eigenvalue weighted by molar-refractivity contribution is -0.111. The van der Waals surface area contributed by atoms with Crippen molar-refractivity contribution >= 4 is 33.6 Å². The number of benzene rings is 2. The Kier molecular flexibility index (Phi) is 4.63. The molecule has 0 radical (unpaired) electrons. The maximum absolute atomic E-state index is 13.3. The molecule has 0 atom stereocenters. The molecule has 2 aromatic carbocycles. The van der Waals surface area contributed by atoms with E-state index in [4.69, 9.17) is 0 Å². The third-order valence-electron chi connectivity index (χ3n) is 2.51. The van der Waals surface area contributed by atoms with Gasteiger partial charge in [-0.1, -0.05) is 22.0 Å². The minimum atomic E-state index is -0.710. The number of carbonyl (C=O) groups is 1. The third kappa shape index (κ3) is 3.74. The molecule has 0 saturated carbocycles. The predicted molar refractivity (Wildman–Crippen MR) is 78.2 cm³/mol. The average molecular weight is 338 g/mol. The van der Waals surface area contributed by atoms with Crippen LogP contribution in [-0.4, -0.2) is 5.91 Å². The Morgan fingerprint density at radius 2 is 1.65 bits per heavy atom. The molecule has 0 saturated heterocycles. The van der Waals surface area contributed by atoms with Crippen molar-refractivity contribution in [1.29, 1.82) is 0 Å². The second kappa shape index (κ2) is 6.43. The molecule has 0 bridgehead atoms. The van der Waals surface area contributed by atoms with Gasteiger partial charge >= 0.3 is 0 Å². The van der Waals surface area contributed by atoms with E-state index in [0.717, 1.165) is 28.8 Å². The molecule has 1 N–H and O–H groups in total. The number of hydrogen-bond donors (Lipinski definition) is 1. The van der Waals surface area contributed by atoms with Gasteiger partial charge in [0.25, 0.3) is 0 Å². The fourth-order valence-electron chi connectivity index (χ4n) is 1.55. The van der Waals surface area contributed by atoms with Crippen molar-refractivity contribution in [3.05, 3.63) is 70.2 Å². The highest BCUT2D eigenvalue weighted by molar-refractivity contribution is 9.10. The summed E-state index contributed by atoms with van der Waals surface area (Å²) in [5, 5.41) is 2.59. The molecule has 2 aromatic rings. The number of carbonyl (C=O) groups excluding carboxylic acids is 1. The van der Waals surface area contributed by atoms with Crippen LogP contribution in [0.4, 0.5) is 14.5 Å². The lowest BCUT2D eigenvalue weighted by atomic mass is 10.2. The van der Waals surface area contributed by atoms with Crippen LogP contribution in [-0.2, 0) is 4.79 Å². The molecule has 5 heteroatoms. The molecule has 0 aliphatic rings. The summed E-state index contributed by atoms with van der Waals surface area (Å²) in [7, 11) is 0. The lowest BCUT2D eigenvalue weighted by Crippen LogP contribution is -2.07. The fourth-order valence-corrected chi connectivity index (χ4v) is 1.81. The first-order chi connectivity index (χ1) is 9.56. The third-order valence-corrected chi connectivity index (χ3v) is 3.04. The molecule has 0 fully saturated rings. The molecule has 0 aromatic heterocycles. The zero-order valence-corrected chi connectivity index (χ0v) is 11.8. The van der Waals surface area contributed by atoms with Crippen LogP contribution in [0, 0.1) is 11.6 Å². The molecule has 2 nitrogen and oxygen atoms in total. The predicted octanol–water partition coefficient (Wildman–Crippen LogP) is 4.38. The summed E-state index contributed by atoms with van der Waals surface area (Å²) in [6.07, 6.45) is 2.20. The Balaban J connectivity index is 2.08.